The average Bonchev–Trinajstić information content (AvgIpc) is 3.40. The third-order valence-electron chi connectivity index (χ3n) is 6.09. The number of aromatic nitrogens is 1. The van der Waals surface area contributed by atoms with Gasteiger partial charge in [0.1, 0.15) is 5.82 Å². The molecule has 1 unspecified atom stereocenters. The van der Waals surface area contributed by atoms with E-state index >= 15 is 0 Å². The van der Waals surface area contributed by atoms with Crippen molar-refractivity contribution >= 4 is 15.7 Å². The summed E-state index contributed by atoms with van der Waals surface area (Å²) in [5.41, 5.74) is 3.14. The van der Waals surface area contributed by atoms with Crippen LogP contribution in [0.2, 0.25) is 0 Å². The Bertz CT molecular complexity index is 1270. The molecular weight excluding hydrogens is 443 g/mol. The summed E-state index contributed by atoms with van der Waals surface area (Å²) in [6, 6.07) is 13.7. The van der Waals surface area contributed by atoms with Crippen LogP contribution < -0.4 is 0 Å². The topological polar surface area (TPSA) is 80.5 Å². The van der Waals surface area contributed by atoms with Crippen LogP contribution in [0.4, 0.5) is 4.39 Å². The second-order valence-electron chi connectivity index (χ2n) is 8.93. The Morgan fingerprint density at radius 1 is 1.18 bits per heavy atom. The van der Waals surface area contributed by atoms with Crippen molar-refractivity contribution in [3.63, 3.8) is 0 Å². The molecule has 0 bridgehead atoms. The molecule has 0 aliphatic carbocycles. The molecule has 1 aliphatic rings. The summed E-state index contributed by atoms with van der Waals surface area (Å²) in [5.74, 6) is -0.140. The van der Waals surface area contributed by atoms with Gasteiger partial charge in [0, 0.05) is 24.2 Å². The minimum atomic E-state index is -3.19. The second-order valence-corrected chi connectivity index (χ2v) is 11.2. The number of rotatable bonds is 6. The lowest BCUT2D eigenvalue weighted by atomic mass is 10.0. The van der Waals surface area contributed by atoms with Gasteiger partial charge in [0.05, 0.1) is 11.5 Å². The van der Waals surface area contributed by atoms with E-state index in [0.29, 0.717) is 23.5 Å². The Morgan fingerprint density at radius 2 is 1.91 bits per heavy atom. The molecule has 1 amide bonds. The molecule has 174 valence electrons. The van der Waals surface area contributed by atoms with Crippen molar-refractivity contribution < 1.29 is 22.1 Å². The van der Waals surface area contributed by atoms with Crippen LogP contribution in [0.3, 0.4) is 0 Å². The molecule has 2 heterocycles. The van der Waals surface area contributed by atoms with E-state index in [1.54, 1.807) is 24.0 Å². The molecule has 1 fully saturated rings. The quantitative estimate of drug-likeness (QED) is 0.520. The molecule has 0 radical (unpaired) electrons. The van der Waals surface area contributed by atoms with E-state index in [1.165, 1.54) is 17.7 Å². The molecule has 0 saturated carbocycles. The number of carbonyl (C=O) groups is 1. The number of hydrogen-bond donors (Lipinski definition) is 0. The molecule has 8 heteroatoms. The van der Waals surface area contributed by atoms with Gasteiger partial charge in [0.25, 0.3) is 5.91 Å². The predicted octanol–water partition coefficient (Wildman–Crippen LogP) is 4.74. The van der Waals surface area contributed by atoms with Gasteiger partial charge in [-0.2, -0.15) is 0 Å². The molecule has 3 aromatic rings. The van der Waals surface area contributed by atoms with Crippen LogP contribution in [0, 0.1) is 12.7 Å². The Kier molecular flexibility index (Phi) is 6.38. The molecule has 1 atom stereocenters. The van der Waals surface area contributed by atoms with Crippen molar-refractivity contribution in [3.05, 3.63) is 76.7 Å². The lowest BCUT2D eigenvalue weighted by Gasteiger charge is -2.27. The van der Waals surface area contributed by atoms with E-state index in [9.17, 15) is 17.6 Å². The maximum Gasteiger partial charge on any atom is 0.276 e. The molecule has 1 saturated heterocycles. The first kappa shape index (κ1) is 23.2. The zero-order valence-electron chi connectivity index (χ0n) is 18.9. The Balaban J connectivity index is 1.62. The van der Waals surface area contributed by atoms with Crippen LogP contribution in [-0.2, 0) is 16.4 Å². The standard InChI is InChI=1S/C25H27FN2O4S/c1-16(2)19-8-5-18(6-9-19)14-28(21-10-11-33(30,31)15-21)25(29)23-13-24(32-27-23)20-7-4-17(3)22(26)12-20/h4-9,12-13,16,21H,10-11,14-15H2,1-3H3. The van der Waals surface area contributed by atoms with Crippen molar-refractivity contribution in [1.29, 1.82) is 0 Å². The van der Waals surface area contributed by atoms with E-state index in [2.05, 4.69) is 19.0 Å². The number of sulfone groups is 1. The largest absolute Gasteiger partial charge is 0.355 e. The van der Waals surface area contributed by atoms with Crippen molar-refractivity contribution in [1.82, 2.24) is 10.1 Å². The van der Waals surface area contributed by atoms with Crippen molar-refractivity contribution in [2.45, 2.75) is 45.7 Å². The van der Waals surface area contributed by atoms with Gasteiger partial charge in [0.15, 0.2) is 21.3 Å². The molecule has 1 aromatic heterocycles. The minimum absolute atomic E-state index is 0.0560. The highest BCUT2D eigenvalue weighted by Crippen LogP contribution is 2.26. The van der Waals surface area contributed by atoms with Crippen molar-refractivity contribution in [3.8, 4) is 11.3 Å². The lowest BCUT2D eigenvalue weighted by molar-refractivity contribution is 0.0670. The maximum absolute atomic E-state index is 14.0. The summed E-state index contributed by atoms with van der Waals surface area (Å²) in [4.78, 5) is 15.0. The SMILES string of the molecule is Cc1ccc(-c2cc(C(=O)N(Cc3ccc(C(C)C)cc3)C3CCS(=O)(=O)C3)no2)cc1F. The van der Waals surface area contributed by atoms with Crippen LogP contribution in [0.15, 0.2) is 53.1 Å². The molecule has 6 nitrogen and oxygen atoms in total. The van der Waals surface area contributed by atoms with Gasteiger partial charge in [-0.3, -0.25) is 4.79 Å². The van der Waals surface area contributed by atoms with Gasteiger partial charge in [0.2, 0.25) is 0 Å². The van der Waals surface area contributed by atoms with Crippen LogP contribution >= 0.6 is 0 Å². The van der Waals surface area contributed by atoms with Crippen molar-refractivity contribution in [2.24, 2.45) is 0 Å². The molecular formula is C25H27FN2O4S. The molecule has 2 aromatic carbocycles. The number of hydrogen-bond acceptors (Lipinski definition) is 5. The van der Waals surface area contributed by atoms with E-state index in [-0.39, 0.29) is 35.3 Å². The third kappa shape index (κ3) is 5.16. The first-order valence-electron chi connectivity index (χ1n) is 11.0. The first-order chi connectivity index (χ1) is 15.6. The average molecular weight is 471 g/mol. The third-order valence-corrected chi connectivity index (χ3v) is 7.85. The summed E-state index contributed by atoms with van der Waals surface area (Å²) in [6.45, 7) is 6.14. The minimum Gasteiger partial charge on any atom is -0.355 e. The molecule has 0 N–H and O–H groups in total. The van der Waals surface area contributed by atoms with Gasteiger partial charge in [-0.25, -0.2) is 12.8 Å². The van der Waals surface area contributed by atoms with E-state index in [0.717, 1.165) is 5.56 Å². The molecule has 33 heavy (non-hydrogen) atoms. The Morgan fingerprint density at radius 3 is 2.52 bits per heavy atom. The van der Waals surface area contributed by atoms with Crippen LogP contribution in [0.25, 0.3) is 11.3 Å². The van der Waals surface area contributed by atoms with Gasteiger partial charge in [-0.1, -0.05) is 55.4 Å². The maximum atomic E-state index is 14.0. The smallest absolute Gasteiger partial charge is 0.276 e. The summed E-state index contributed by atoms with van der Waals surface area (Å²) < 4.78 is 43.5. The molecule has 0 spiro atoms. The fourth-order valence-corrected chi connectivity index (χ4v) is 5.73. The number of benzene rings is 2. The zero-order valence-corrected chi connectivity index (χ0v) is 19.7. The van der Waals surface area contributed by atoms with Crippen LogP contribution in [-0.4, -0.2) is 41.9 Å². The zero-order chi connectivity index (χ0) is 23.8. The Hall–Kier alpha value is -3.00. The van der Waals surface area contributed by atoms with Crippen LogP contribution in [0.1, 0.15) is 53.4 Å². The highest BCUT2D eigenvalue weighted by atomic mass is 32.2. The molecule has 1 aliphatic heterocycles. The normalized spacial score (nSPS) is 17.4. The number of halogens is 1. The van der Waals surface area contributed by atoms with Gasteiger partial charge in [-0.05, 0) is 42.0 Å². The highest BCUT2D eigenvalue weighted by Gasteiger charge is 2.36. The Labute approximate surface area is 193 Å². The number of carbonyl (C=O) groups excluding carboxylic acids is 1. The number of amides is 1. The summed E-state index contributed by atoms with van der Waals surface area (Å²) >= 11 is 0. The number of aryl methyl sites for hydroxylation is 1. The van der Waals surface area contributed by atoms with E-state index < -0.39 is 21.8 Å². The lowest BCUT2D eigenvalue weighted by Crippen LogP contribution is -2.40. The summed E-state index contributed by atoms with van der Waals surface area (Å²) in [6.07, 6.45) is 0.381. The highest BCUT2D eigenvalue weighted by molar-refractivity contribution is 7.91. The second kappa shape index (κ2) is 9.09. The summed E-state index contributed by atoms with van der Waals surface area (Å²) in [7, 11) is -3.19. The van der Waals surface area contributed by atoms with E-state index in [1.807, 2.05) is 24.3 Å². The van der Waals surface area contributed by atoms with E-state index in [4.69, 9.17) is 4.52 Å². The van der Waals surface area contributed by atoms with Gasteiger partial charge < -0.3 is 9.42 Å². The van der Waals surface area contributed by atoms with Crippen LogP contribution in [0.5, 0.6) is 0 Å². The predicted molar refractivity (Wildman–Crippen MR) is 124 cm³/mol. The monoisotopic (exact) mass is 470 g/mol. The fraction of sp³-hybridized carbons (Fsp3) is 0.360. The first-order valence-corrected chi connectivity index (χ1v) is 12.8. The van der Waals surface area contributed by atoms with Gasteiger partial charge >= 0.3 is 0 Å². The molecule has 4 rings (SSSR count). The fourth-order valence-electron chi connectivity index (χ4n) is 4.00. The van der Waals surface area contributed by atoms with Gasteiger partial charge in [-0.15, -0.1) is 0 Å². The van der Waals surface area contributed by atoms with Crippen molar-refractivity contribution in [2.75, 3.05) is 11.5 Å². The summed E-state index contributed by atoms with van der Waals surface area (Å²) in [5, 5.41) is 3.91. The number of nitrogens with zero attached hydrogens (tertiary/aromatic N) is 2.